The summed E-state index contributed by atoms with van der Waals surface area (Å²) in [5.74, 6) is -1.37. The van der Waals surface area contributed by atoms with E-state index in [9.17, 15) is 31.2 Å². The average Bonchev–Trinajstić information content (AvgIpc) is 2.91. The first-order valence-corrected chi connectivity index (χ1v) is 15.9. The van der Waals surface area contributed by atoms with Crippen molar-refractivity contribution in [3.63, 3.8) is 0 Å². The number of amides is 2. The van der Waals surface area contributed by atoms with Gasteiger partial charge in [0.15, 0.2) is 0 Å². The maximum absolute atomic E-state index is 14.2. The van der Waals surface area contributed by atoms with Crippen molar-refractivity contribution in [1.29, 1.82) is 0 Å². The second kappa shape index (κ2) is 13.8. The summed E-state index contributed by atoms with van der Waals surface area (Å²) in [6.45, 7) is 7.52. The summed E-state index contributed by atoms with van der Waals surface area (Å²) in [6, 6.07) is 13.0. The topological polar surface area (TPSA) is 86.8 Å². The van der Waals surface area contributed by atoms with E-state index in [1.807, 2.05) is 0 Å². The standard InChI is InChI=1S/C31H34Cl2F3N3O4S/c1-6-27(29(41)37-30(3,4)5)38(18-24-25(32)11-8-12-26(24)33)28(40)19-39(22-10-7-9-21(17-22)31(34,35)36)44(42,43)23-15-13-20(2)14-16-23/h7-17,27H,6,18-19H2,1-5H3,(H,37,41). The summed E-state index contributed by atoms with van der Waals surface area (Å²) in [6.07, 6.45) is -4.64. The number of carbonyl (C=O) groups excluding carboxylic acids is 2. The van der Waals surface area contributed by atoms with E-state index in [0.29, 0.717) is 15.9 Å². The van der Waals surface area contributed by atoms with Crippen molar-refractivity contribution in [3.8, 4) is 0 Å². The van der Waals surface area contributed by atoms with Gasteiger partial charge in [-0.05, 0) is 76.6 Å². The van der Waals surface area contributed by atoms with Crippen LogP contribution in [-0.4, -0.2) is 43.3 Å². The van der Waals surface area contributed by atoms with Crippen LogP contribution in [0.25, 0.3) is 0 Å². The van der Waals surface area contributed by atoms with E-state index in [1.54, 1.807) is 52.8 Å². The maximum Gasteiger partial charge on any atom is 0.416 e. The number of hydrogen-bond acceptors (Lipinski definition) is 4. The van der Waals surface area contributed by atoms with Crippen LogP contribution in [0.5, 0.6) is 0 Å². The number of sulfonamides is 1. The van der Waals surface area contributed by atoms with Gasteiger partial charge in [0.1, 0.15) is 12.6 Å². The molecule has 44 heavy (non-hydrogen) atoms. The van der Waals surface area contributed by atoms with E-state index in [0.717, 1.165) is 22.6 Å². The van der Waals surface area contributed by atoms with E-state index >= 15 is 0 Å². The number of carbonyl (C=O) groups is 2. The Labute approximate surface area is 266 Å². The molecule has 3 rings (SSSR count). The summed E-state index contributed by atoms with van der Waals surface area (Å²) < 4.78 is 69.5. The third-order valence-corrected chi connectivity index (χ3v) is 9.12. The lowest BCUT2D eigenvalue weighted by molar-refractivity contribution is -0.141. The molecule has 3 aromatic rings. The molecular weight excluding hydrogens is 638 g/mol. The zero-order valence-corrected chi connectivity index (χ0v) is 27.2. The summed E-state index contributed by atoms with van der Waals surface area (Å²) in [5, 5.41) is 3.26. The fraction of sp³-hybridized carbons (Fsp3) is 0.355. The molecule has 0 aliphatic heterocycles. The SMILES string of the molecule is CCC(C(=O)NC(C)(C)C)N(Cc1c(Cl)cccc1Cl)C(=O)CN(c1cccc(C(F)(F)F)c1)S(=O)(=O)c1ccc(C)cc1. The van der Waals surface area contributed by atoms with Gasteiger partial charge in [-0.3, -0.25) is 13.9 Å². The van der Waals surface area contributed by atoms with Crippen molar-refractivity contribution in [2.75, 3.05) is 10.8 Å². The Balaban J connectivity index is 2.17. The van der Waals surface area contributed by atoms with E-state index in [-0.39, 0.29) is 33.6 Å². The number of nitrogens with zero attached hydrogens (tertiary/aromatic N) is 2. The Morgan fingerprint density at radius 1 is 0.932 bits per heavy atom. The molecule has 238 valence electrons. The van der Waals surface area contributed by atoms with Crippen LogP contribution in [0.4, 0.5) is 18.9 Å². The molecule has 1 N–H and O–H groups in total. The Kier molecular flexibility index (Phi) is 11.0. The maximum atomic E-state index is 14.2. The first kappa shape index (κ1) is 35.2. The van der Waals surface area contributed by atoms with Gasteiger partial charge in [-0.2, -0.15) is 13.2 Å². The Morgan fingerprint density at radius 3 is 2.02 bits per heavy atom. The van der Waals surface area contributed by atoms with E-state index in [1.165, 1.54) is 30.3 Å². The first-order chi connectivity index (χ1) is 20.3. The number of aryl methyl sites for hydroxylation is 1. The highest BCUT2D eigenvalue weighted by molar-refractivity contribution is 7.92. The fourth-order valence-electron chi connectivity index (χ4n) is 4.43. The van der Waals surface area contributed by atoms with Crippen molar-refractivity contribution in [3.05, 3.63) is 93.5 Å². The molecule has 0 heterocycles. The number of nitrogens with one attached hydrogen (secondary N) is 1. The van der Waals surface area contributed by atoms with Crippen LogP contribution in [0, 0.1) is 6.92 Å². The normalized spacial score (nSPS) is 12.9. The van der Waals surface area contributed by atoms with Gasteiger partial charge in [0.05, 0.1) is 16.1 Å². The van der Waals surface area contributed by atoms with Crippen molar-refractivity contribution in [1.82, 2.24) is 10.2 Å². The van der Waals surface area contributed by atoms with Crippen LogP contribution in [-0.2, 0) is 32.3 Å². The monoisotopic (exact) mass is 671 g/mol. The molecule has 0 aromatic heterocycles. The highest BCUT2D eigenvalue weighted by Gasteiger charge is 2.37. The molecule has 0 fully saturated rings. The second-order valence-corrected chi connectivity index (χ2v) is 13.9. The van der Waals surface area contributed by atoms with Crippen molar-refractivity contribution < 1.29 is 31.2 Å². The Hall–Kier alpha value is -3.28. The fourth-order valence-corrected chi connectivity index (χ4v) is 6.35. The minimum Gasteiger partial charge on any atom is -0.350 e. The molecule has 0 radical (unpaired) electrons. The van der Waals surface area contributed by atoms with Gasteiger partial charge in [-0.1, -0.05) is 60.0 Å². The van der Waals surface area contributed by atoms with Gasteiger partial charge in [0.2, 0.25) is 11.8 Å². The van der Waals surface area contributed by atoms with Gasteiger partial charge >= 0.3 is 6.18 Å². The second-order valence-electron chi connectivity index (χ2n) is 11.3. The number of benzene rings is 3. The van der Waals surface area contributed by atoms with Crippen molar-refractivity contribution in [2.24, 2.45) is 0 Å². The minimum absolute atomic E-state index is 0.129. The van der Waals surface area contributed by atoms with Crippen LogP contribution >= 0.6 is 23.2 Å². The molecule has 2 amide bonds. The predicted molar refractivity (Wildman–Crippen MR) is 166 cm³/mol. The van der Waals surface area contributed by atoms with Crippen LogP contribution in [0.3, 0.4) is 0 Å². The quantitative estimate of drug-likeness (QED) is 0.246. The molecule has 0 saturated carbocycles. The summed E-state index contributed by atoms with van der Waals surface area (Å²) in [5.41, 5.74) is -1.07. The van der Waals surface area contributed by atoms with Gasteiger partial charge in [0, 0.05) is 27.7 Å². The van der Waals surface area contributed by atoms with E-state index < -0.39 is 51.7 Å². The zero-order valence-electron chi connectivity index (χ0n) is 24.9. The van der Waals surface area contributed by atoms with Crippen LogP contribution in [0.2, 0.25) is 10.0 Å². The minimum atomic E-state index is -4.77. The van der Waals surface area contributed by atoms with Crippen molar-refractivity contribution >= 4 is 50.7 Å². The predicted octanol–water partition coefficient (Wildman–Crippen LogP) is 7.24. The molecule has 0 saturated heterocycles. The number of alkyl halides is 3. The average molecular weight is 673 g/mol. The lowest BCUT2D eigenvalue weighted by Crippen LogP contribution is -2.55. The van der Waals surface area contributed by atoms with Crippen LogP contribution in [0.15, 0.2) is 71.6 Å². The molecule has 13 heteroatoms. The van der Waals surface area contributed by atoms with Crippen LogP contribution < -0.4 is 9.62 Å². The summed E-state index contributed by atoms with van der Waals surface area (Å²) in [4.78, 5) is 28.5. The Morgan fingerprint density at radius 2 is 1.50 bits per heavy atom. The molecule has 0 aliphatic carbocycles. The zero-order chi connectivity index (χ0) is 33.0. The Bertz CT molecular complexity index is 1590. The summed E-state index contributed by atoms with van der Waals surface area (Å²) >= 11 is 12.8. The largest absolute Gasteiger partial charge is 0.416 e. The molecule has 7 nitrogen and oxygen atoms in total. The lowest BCUT2D eigenvalue weighted by Gasteiger charge is -2.35. The number of anilines is 1. The smallest absolute Gasteiger partial charge is 0.350 e. The number of hydrogen-bond donors (Lipinski definition) is 1. The number of halogens is 5. The van der Waals surface area contributed by atoms with Gasteiger partial charge in [-0.15, -0.1) is 0 Å². The highest BCUT2D eigenvalue weighted by Crippen LogP contribution is 2.34. The van der Waals surface area contributed by atoms with Crippen molar-refractivity contribution in [2.45, 2.75) is 70.2 Å². The van der Waals surface area contributed by atoms with E-state index in [4.69, 9.17) is 23.2 Å². The first-order valence-electron chi connectivity index (χ1n) is 13.7. The summed E-state index contributed by atoms with van der Waals surface area (Å²) in [7, 11) is -4.57. The molecule has 1 unspecified atom stereocenters. The molecule has 3 aromatic carbocycles. The van der Waals surface area contributed by atoms with Gasteiger partial charge in [0.25, 0.3) is 10.0 Å². The highest BCUT2D eigenvalue weighted by atomic mass is 35.5. The van der Waals surface area contributed by atoms with Gasteiger partial charge < -0.3 is 10.2 Å². The molecule has 0 bridgehead atoms. The molecule has 1 atom stereocenters. The van der Waals surface area contributed by atoms with E-state index in [2.05, 4.69) is 5.32 Å². The third kappa shape index (κ3) is 8.67. The molecule has 0 aliphatic rings. The molecular formula is C31H34Cl2F3N3O4S. The lowest BCUT2D eigenvalue weighted by atomic mass is 10.1. The van der Waals surface area contributed by atoms with Crippen LogP contribution in [0.1, 0.15) is 50.8 Å². The van der Waals surface area contributed by atoms with Gasteiger partial charge in [-0.25, -0.2) is 8.42 Å². The third-order valence-electron chi connectivity index (χ3n) is 6.62. The molecule has 0 spiro atoms. The number of rotatable bonds is 10.